The summed E-state index contributed by atoms with van der Waals surface area (Å²) in [6, 6.07) is 5.69. The number of halogens is 2. The molecule has 112 valence electrons. The normalized spacial score (nSPS) is 17.1. The predicted molar refractivity (Wildman–Crippen MR) is 77.8 cm³/mol. The summed E-state index contributed by atoms with van der Waals surface area (Å²) in [5.74, 6) is 1.23. The number of anilines is 1. The van der Waals surface area contributed by atoms with Gasteiger partial charge in [0.15, 0.2) is 0 Å². The monoisotopic (exact) mass is 283 g/mol. The topological polar surface area (TPSA) is 12.5 Å². The van der Waals surface area contributed by atoms with Crippen LogP contribution in [0.2, 0.25) is 0 Å². The smallest absolute Gasteiger partial charge is 0.387 e. The van der Waals surface area contributed by atoms with Gasteiger partial charge in [-0.2, -0.15) is 8.78 Å². The maximum Gasteiger partial charge on any atom is 0.387 e. The Bertz CT molecular complexity index is 440. The van der Waals surface area contributed by atoms with Gasteiger partial charge in [0.05, 0.1) is 0 Å². The second kappa shape index (κ2) is 6.42. The summed E-state index contributed by atoms with van der Waals surface area (Å²) in [6.07, 6.45) is 2.30. The van der Waals surface area contributed by atoms with E-state index < -0.39 is 6.61 Å². The number of nitrogens with zero attached hydrogens (tertiary/aromatic N) is 1. The van der Waals surface area contributed by atoms with E-state index in [4.69, 9.17) is 4.74 Å². The zero-order valence-electron chi connectivity index (χ0n) is 12.4. The van der Waals surface area contributed by atoms with E-state index in [0.717, 1.165) is 43.1 Å². The molecule has 20 heavy (non-hydrogen) atoms. The van der Waals surface area contributed by atoms with Gasteiger partial charge in [-0.25, -0.2) is 0 Å². The third kappa shape index (κ3) is 3.62. The minimum Gasteiger partial charge on any atom is -0.434 e. The Hall–Kier alpha value is -1.32. The second-order valence-corrected chi connectivity index (χ2v) is 5.92. The second-order valence-electron chi connectivity index (χ2n) is 5.92. The van der Waals surface area contributed by atoms with Crippen molar-refractivity contribution >= 4 is 5.69 Å². The van der Waals surface area contributed by atoms with Crippen molar-refractivity contribution in [3.8, 4) is 5.75 Å². The van der Waals surface area contributed by atoms with Crippen molar-refractivity contribution in [2.45, 2.75) is 46.1 Å². The molecule has 1 aromatic carbocycles. The Morgan fingerprint density at radius 3 is 2.40 bits per heavy atom. The molecular weight excluding hydrogens is 260 g/mol. The van der Waals surface area contributed by atoms with E-state index in [1.807, 2.05) is 26.0 Å². The van der Waals surface area contributed by atoms with Crippen LogP contribution >= 0.6 is 0 Å². The highest BCUT2D eigenvalue weighted by molar-refractivity contribution is 5.54. The average Bonchev–Trinajstić information content (AvgIpc) is 2.38. The molecule has 1 heterocycles. The van der Waals surface area contributed by atoms with Crippen LogP contribution in [-0.2, 0) is 0 Å². The molecule has 1 saturated heterocycles. The lowest BCUT2D eigenvalue weighted by Crippen LogP contribution is -2.32. The lowest BCUT2D eigenvalue weighted by atomic mass is 9.97. The van der Waals surface area contributed by atoms with Crippen molar-refractivity contribution in [3.05, 3.63) is 23.8 Å². The van der Waals surface area contributed by atoms with Crippen LogP contribution in [0.5, 0.6) is 5.75 Å². The molecule has 2 nitrogen and oxygen atoms in total. The Morgan fingerprint density at radius 2 is 1.85 bits per heavy atom. The molecule has 0 spiro atoms. The van der Waals surface area contributed by atoms with Gasteiger partial charge in [-0.05, 0) is 36.3 Å². The molecule has 1 aliphatic rings. The zero-order valence-corrected chi connectivity index (χ0v) is 12.4. The number of ether oxygens (including phenoxy) is 1. The fraction of sp³-hybridized carbons (Fsp3) is 0.625. The minimum atomic E-state index is -2.77. The first-order chi connectivity index (χ1) is 9.47. The van der Waals surface area contributed by atoms with Crippen LogP contribution in [-0.4, -0.2) is 19.7 Å². The average molecular weight is 283 g/mol. The van der Waals surface area contributed by atoms with Crippen LogP contribution in [0.15, 0.2) is 18.2 Å². The molecule has 0 aromatic heterocycles. The Balaban J connectivity index is 2.22. The first-order valence-electron chi connectivity index (χ1n) is 7.31. The molecule has 0 saturated carbocycles. The van der Waals surface area contributed by atoms with Crippen molar-refractivity contribution in [1.82, 2.24) is 0 Å². The van der Waals surface area contributed by atoms with E-state index >= 15 is 0 Å². The molecule has 0 amide bonds. The van der Waals surface area contributed by atoms with Crippen LogP contribution in [0.3, 0.4) is 0 Å². The van der Waals surface area contributed by atoms with Crippen molar-refractivity contribution < 1.29 is 13.5 Å². The van der Waals surface area contributed by atoms with E-state index in [0.29, 0.717) is 5.75 Å². The number of rotatable bonds is 4. The Kier molecular flexibility index (Phi) is 4.84. The van der Waals surface area contributed by atoms with Gasteiger partial charge in [0, 0.05) is 24.8 Å². The fourth-order valence-corrected chi connectivity index (χ4v) is 2.66. The number of alkyl halides is 2. The molecule has 0 N–H and O–H groups in total. The van der Waals surface area contributed by atoms with Gasteiger partial charge in [-0.1, -0.05) is 26.8 Å². The summed E-state index contributed by atoms with van der Waals surface area (Å²) in [4.78, 5) is 2.25. The fourth-order valence-electron chi connectivity index (χ4n) is 2.66. The highest BCUT2D eigenvalue weighted by Gasteiger charge is 2.19. The summed E-state index contributed by atoms with van der Waals surface area (Å²) >= 11 is 0. The zero-order chi connectivity index (χ0) is 14.7. The number of hydrogen-bond donors (Lipinski definition) is 0. The largest absolute Gasteiger partial charge is 0.434 e. The molecule has 4 heteroatoms. The summed E-state index contributed by atoms with van der Waals surface area (Å²) in [5.41, 5.74) is 1.82. The molecular formula is C16H23F2NO. The van der Waals surface area contributed by atoms with E-state index in [2.05, 4.69) is 11.8 Å². The van der Waals surface area contributed by atoms with Crippen molar-refractivity contribution in [1.29, 1.82) is 0 Å². The van der Waals surface area contributed by atoms with Gasteiger partial charge in [-0.15, -0.1) is 0 Å². The third-order valence-corrected chi connectivity index (χ3v) is 3.98. The van der Waals surface area contributed by atoms with Crippen molar-refractivity contribution in [2.24, 2.45) is 5.92 Å². The standard InChI is InChI=1S/C16H23F2NO/c1-11(2)14-5-4-13(10-15(14)20-16(17)18)19-8-6-12(3)7-9-19/h4-5,10-12,16H,6-9H2,1-3H3. The van der Waals surface area contributed by atoms with Gasteiger partial charge in [-0.3, -0.25) is 0 Å². The molecule has 0 atom stereocenters. The van der Waals surface area contributed by atoms with Crippen molar-refractivity contribution in [2.75, 3.05) is 18.0 Å². The minimum absolute atomic E-state index is 0.166. The molecule has 0 unspecified atom stereocenters. The van der Waals surface area contributed by atoms with E-state index in [9.17, 15) is 8.78 Å². The summed E-state index contributed by atoms with van der Waals surface area (Å²) in [7, 11) is 0. The maximum absolute atomic E-state index is 12.6. The summed E-state index contributed by atoms with van der Waals surface area (Å²) < 4.78 is 29.8. The van der Waals surface area contributed by atoms with E-state index in [-0.39, 0.29) is 5.92 Å². The molecule has 0 bridgehead atoms. The molecule has 1 aliphatic heterocycles. The van der Waals surface area contributed by atoms with Crippen LogP contribution in [0.25, 0.3) is 0 Å². The third-order valence-electron chi connectivity index (χ3n) is 3.98. The van der Waals surface area contributed by atoms with Crippen molar-refractivity contribution in [3.63, 3.8) is 0 Å². The van der Waals surface area contributed by atoms with Gasteiger partial charge in [0.1, 0.15) is 5.75 Å². The van der Waals surface area contributed by atoms with Crippen LogP contribution in [0.4, 0.5) is 14.5 Å². The van der Waals surface area contributed by atoms with Crippen LogP contribution in [0, 0.1) is 5.92 Å². The van der Waals surface area contributed by atoms with Gasteiger partial charge < -0.3 is 9.64 Å². The van der Waals surface area contributed by atoms with E-state index in [1.54, 1.807) is 6.07 Å². The lowest BCUT2D eigenvalue weighted by Gasteiger charge is -2.32. The highest BCUT2D eigenvalue weighted by Crippen LogP contribution is 2.33. The SMILES string of the molecule is CC1CCN(c2ccc(C(C)C)c(OC(F)F)c2)CC1. The number of hydrogen-bond acceptors (Lipinski definition) is 2. The maximum atomic E-state index is 12.6. The predicted octanol–water partition coefficient (Wildman–Crippen LogP) is 4.65. The van der Waals surface area contributed by atoms with Crippen LogP contribution < -0.4 is 9.64 Å². The van der Waals surface area contributed by atoms with Gasteiger partial charge in [0.25, 0.3) is 0 Å². The molecule has 0 radical (unpaired) electrons. The Labute approximate surface area is 119 Å². The summed E-state index contributed by atoms with van der Waals surface area (Å²) in [6.45, 7) is 5.41. The lowest BCUT2D eigenvalue weighted by molar-refractivity contribution is -0.0505. The molecule has 0 aliphatic carbocycles. The highest BCUT2D eigenvalue weighted by atomic mass is 19.3. The van der Waals surface area contributed by atoms with Crippen LogP contribution in [0.1, 0.15) is 45.1 Å². The molecule has 2 rings (SSSR count). The van der Waals surface area contributed by atoms with Gasteiger partial charge in [0.2, 0.25) is 0 Å². The van der Waals surface area contributed by atoms with Gasteiger partial charge >= 0.3 is 6.61 Å². The number of benzene rings is 1. The quantitative estimate of drug-likeness (QED) is 0.797. The first-order valence-corrected chi connectivity index (χ1v) is 7.31. The summed E-state index contributed by atoms with van der Waals surface area (Å²) in [5, 5.41) is 0. The number of piperidine rings is 1. The Morgan fingerprint density at radius 1 is 1.20 bits per heavy atom. The molecule has 1 fully saturated rings. The van der Waals surface area contributed by atoms with E-state index in [1.165, 1.54) is 0 Å². The molecule has 1 aromatic rings. The first kappa shape index (κ1) is 15.1.